The molecule has 0 bridgehead atoms. The zero-order valence-electron chi connectivity index (χ0n) is 14.0. The van der Waals surface area contributed by atoms with Gasteiger partial charge in [0.25, 0.3) is 14.5 Å². The average Bonchev–Trinajstić information content (AvgIpc) is 2.86. The average molecular weight is 442 g/mol. The zero-order chi connectivity index (χ0) is 19.4. The summed E-state index contributed by atoms with van der Waals surface area (Å²) in [6.07, 6.45) is 0.466. The topological polar surface area (TPSA) is 125 Å². The maximum absolute atomic E-state index is 10.8. The molecule has 146 valence electrons. The van der Waals surface area contributed by atoms with Crippen LogP contribution < -0.4 is 9.30 Å². The molecule has 0 spiro atoms. The monoisotopic (exact) mass is 441 g/mol. The molecule has 0 radical (unpaired) electrons. The summed E-state index contributed by atoms with van der Waals surface area (Å²) in [5, 5.41) is 0. The molecule has 0 amide bonds. The summed E-state index contributed by atoms with van der Waals surface area (Å²) in [4.78, 5) is 0. The van der Waals surface area contributed by atoms with Crippen molar-refractivity contribution in [1.82, 2.24) is 0 Å². The van der Waals surface area contributed by atoms with Gasteiger partial charge in [0.05, 0.1) is 29.0 Å². The Kier molecular flexibility index (Phi) is 7.27. The number of thioether (sulfide) groups is 1. The molecule has 0 saturated heterocycles. The fraction of sp³-hybridized carbons (Fsp3) is 0.500. The molecule has 0 aliphatic heterocycles. The first-order valence-corrected chi connectivity index (χ1v) is 12.6. The van der Waals surface area contributed by atoms with Gasteiger partial charge in [0.1, 0.15) is 10.4 Å². The van der Waals surface area contributed by atoms with Crippen LogP contribution in [0.15, 0.2) is 22.5 Å². The van der Waals surface area contributed by atoms with Gasteiger partial charge < -0.3 is 9.29 Å². The predicted molar refractivity (Wildman–Crippen MR) is 99.5 cm³/mol. The van der Waals surface area contributed by atoms with E-state index in [9.17, 15) is 21.4 Å². The molecule has 2 aromatic rings. The van der Waals surface area contributed by atoms with Crippen molar-refractivity contribution >= 4 is 53.6 Å². The van der Waals surface area contributed by atoms with Crippen LogP contribution >= 0.6 is 23.1 Å². The van der Waals surface area contributed by atoms with Crippen molar-refractivity contribution in [3.63, 3.8) is 0 Å². The van der Waals surface area contributed by atoms with Gasteiger partial charge in [-0.15, -0.1) is 0 Å². The lowest BCUT2D eigenvalue weighted by molar-refractivity contribution is -0.701. The van der Waals surface area contributed by atoms with Crippen molar-refractivity contribution in [2.45, 2.75) is 23.7 Å². The number of hydrogen-bond acceptors (Lipinski definition) is 8. The number of methoxy groups -OCH3 is 1. The van der Waals surface area contributed by atoms with E-state index in [-0.39, 0.29) is 18.6 Å². The summed E-state index contributed by atoms with van der Waals surface area (Å²) in [5.74, 6) is 0.369. The molecule has 1 aromatic heterocycles. The second-order valence-electron chi connectivity index (χ2n) is 5.46. The molecule has 8 nitrogen and oxygen atoms in total. The highest BCUT2D eigenvalue weighted by Crippen LogP contribution is 2.30. The summed E-state index contributed by atoms with van der Waals surface area (Å²) >= 11 is 2.91. The summed E-state index contributed by atoms with van der Waals surface area (Å²) < 4.78 is 71.9. The largest absolute Gasteiger partial charge is 0.748 e. The van der Waals surface area contributed by atoms with Gasteiger partial charge >= 0.3 is 0 Å². The number of benzene rings is 1. The van der Waals surface area contributed by atoms with Crippen molar-refractivity contribution in [3.8, 4) is 5.75 Å². The van der Waals surface area contributed by atoms with E-state index in [1.807, 2.05) is 22.8 Å². The zero-order valence-corrected chi connectivity index (χ0v) is 17.2. The summed E-state index contributed by atoms with van der Waals surface area (Å²) in [6, 6.07) is 5.54. The first-order valence-electron chi connectivity index (χ1n) is 7.61. The Morgan fingerprint density at radius 1 is 1.23 bits per heavy atom. The van der Waals surface area contributed by atoms with Crippen LogP contribution in [0.5, 0.6) is 5.75 Å². The highest BCUT2D eigenvalue weighted by atomic mass is 32.2. The predicted octanol–water partition coefficient (Wildman–Crippen LogP) is 1.50. The summed E-state index contributed by atoms with van der Waals surface area (Å²) in [7, 11) is -6.72. The number of nitrogens with zero attached hydrogens (tertiary/aromatic N) is 1. The molecule has 0 saturated carbocycles. The molecule has 0 unspecified atom stereocenters. The minimum absolute atomic E-state index is 0.179. The molecule has 0 fully saturated rings. The van der Waals surface area contributed by atoms with Gasteiger partial charge in [0, 0.05) is 17.9 Å². The third-order valence-corrected chi connectivity index (χ3v) is 7.54. The van der Waals surface area contributed by atoms with E-state index in [2.05, 4.69) is 0 Å². The van der Waals surface area contributed by atoms with Gasteiger partial charge in [-0.1, -0.05) is 11.3 Å². The molecule has 1 heterocycles. The van der Waals surface area contributed by atoms with Crippen LogP contribution in [0, 0.1) is 0 Å². The van der Waals surface area contributed by atoms with E-state index < -0.39 is 26.0 Å². The van der Waals surface area contributed by atoms with Crippen molar-refractivity contribution in [3.05, 3.63) is 18.2 Å². The third kappa shape index (κ3) is 6.67. The Morgan fingerprint density at radius 3 is 2.58 bits per heavy atom. The Hall–Kier alpha value is -0.920. The molecule has 0 atom stereocenters. The molecule has 0 aliphatic carbocycles. The SMILES string of the molecule is COc1ccc2sc(SCCCS(=O)(=O)O)[n+](CCCS(=O)(=O)[O-])c2c1. The number of ether oxygens (including phenoxy) is 1. The molecular weight excluding hydrogens is 422 g/mol. The quantitative estimate of drug-likeness (QED) is 0.255. The fourth-order valence-electron chi connectivity index (χ4n) is 2.29. The van der Waals surface area contributed by atoms with E-state index in [4.69, 9.17) is 9.29 Å². The van der Waals surface area contributed by atoms with E-state index in [0.29, 0.717) is 18.0 Å². The molecule has 12 heteroatoms. The van der Waals surface area contributed by atoms with Gasteiger partial charge in [-0.05, 0) is 30.3 Å². The summed E-state index contributed by atoms with van der Waals surface area (Å²) in [5.41, 5.74) is 0.856. The molecule has 0 aliphatic rings. The van der Waals surface area contributed by atoms with E-state index in [1.54, 1.807) is 7.11 Å². The second-order valence-corrected chi connectivity index (χ2v) is 10.9. The normalized spacial score (nSPS) is 12.6. The lowest BCUT2D eigenvalue weighted by Gasteiger charge is -2.05. The van der Waals surface area contributed by atoms with Crippen molar-refractivity contribution < 1.29 is 35.2 Å². The van der Waals surface area contributed by atoms with Crippen LogP contribution in [0.1, 0.15) is 12.8 Å². The van der Waals surface area contributed by atoms with Gasteiger partial charge in [0.15, 0.2) is 6.54 Å². The van der Waals surface area contributed by atoms with E-state index >= 15 is 0 Å². The summed E-state index contributed by atoms with van der Waals surface area (Å²) in [6.45, 7) is 0.343. The minimum atomic E-state index is -4.28. The number of thiazole rings is 1. The molecule has 1 N–H and O–H groups in total. The smallest absolute Gasteiger partial charge is 0.298 e. The number of aromatic nitrogens is 1. The van der Waals surface area contributed by atoms with Gasteiger partial charge in [-0.2, -0.15) is 13.0 Å². The first-order chi connectivity index (χ1) is 12.1. The van der Waals surface area contributed by atoms with Gasteiger partial charge in [-0.3, -0.25) is 4.55 Å². The third-order valence-electron chi connectivity index (χ3n) is 3.42. The number of hydrogen-bond donors (Lipinski definition) is 1. The van der Waals surface area contributed by atoms with Crippen LogP contribution in [-0.2, 0) is 26.8 Å². The second kappa shape index (κ2) is 8.85. The van der Waals surface area contributed by atoms with Crippen molar-refractivity contribution in [2.24, 2.45) is 0 Å². The fourth-order valence-corrected chi connectivity index (χ4v) is 5.92. The molecule has 26 heavy (non-hydrogen) atoms. The van der Waals surface area contributed by atoms with Crippen LogP contribution in [0.25, 0.3) is 10.2 Å². The Balaban J connectivity index is 2.21. The Labute approximate surface area is 160 Å². The van der Waals surface area contributed by atoms with Crippen molar-refractivity contribution in [1.29, 1.82) is 0 Å². The molecule has 2 rings (SSSR count). The molecular formula is C14H19NO7S4. The van der Waals surface area contributed by atoms with Crippen LogP contribution in [0.3, 0.4) is 0 Å². The lowest BCUT2D eigenvalue weighted by atomic mass is 10.3. The number of fused-ring (bicyclic) bond motifs is 1. The van der Waals surface area contributed by atoms with E-state index in [1.165, 1.54) is 23.1 Å². The van der Waals surface area contributed by atoms with Crippen LogP contribution in [0.2, 0.25) is 0 Å². The van der Waals surface area contributed by atoms with Crippen molar-refractivity contribution in [2.75, 3.05) is 24.4 Å². The van der Waals surface area contributed by atoms with Gasteiger partial charge in [0.2, 0.25) is 5.52 Å². The first kappa shape index (κ1) is 21.4. The minimum Gasteiger partial charge on any atom is -0.748 e. The van der Waals surface area contributed by atoms with Crippen LogP contribution in [-0.4, -0.2) is 50.3 Å². The Morgan fingerprint density at radius 2 is 1.96 bits per heavy atom. The van der Waals surface area contributed by atoms with Crippen LogP contribution in [0.4, 0.5) is 0 Å². The highest BCUT2D eigenvalue weighted by Gasteiger charge is 2.22. The van der Waals surface area contributed by atoms with E-state index in [0.717, 1.165) is 14.6 Å². The Bertz CT molecular complexity index is 967. The maximum Gasteiger partial charge on any atom is 0.298 e. The lowest BCUT2D eigenvalue weighted by Crippen LogP contribution is -2.35. The number of rotatable bonds is 10. The number of aryl methyl sites for hydroxylation is 1. The molecule has 1 aromatic carbocycles. The highest BCUT2D eigenvalue weighted by molar-refractivity contribution is 8.01. The maximum atomic E-state index is 10.8. The standard InChI is InChI=1S/C14H19NO7S4/c1-22-11-4-5-13-12(10-11)15(6-2-8-25(16,17)18)14(24-13)23-7-3-9-26(19,20)21/h4-5,10H,2-3,6-9H2,1H3,(H-,16,17,18,19,20,21). The van der Waals surface area contributed by atoms with Gasteiger partial charge in [-0.25, -0.2) is 8.42 Å².